The summed E-state index contributed by atoms with van der Waals surface area (Å²) in [6, 6.07) is 14.8. The van der Waals surface area contributed by atoms with E-state index in [1.807, 2.05) is 49.3 Å². The highest BCUT2D eigenvalue weighted by Gasteiger charge is 2.26. The van der Waals surface area contributed by atoms with Crippen LogP contribution in [-0.2, 0) is 16.0 Å². The standard InChI is InChI=1S/C21H24N4O3/c1-25(2)17-8-5-7-15(13-17)21(28)24-23-19(26)11-10-16-12-14-6-3-4-9-18(14)22-20(16)27/h3-9,13,16H,10-12H2,1-2H3,(H,22,27)(H,23,26)(H,24,28). The molecule has 0 spiro atoms. The molecule has 1 heterocycles. The fraction of sp³-hybridized carbons (Fsp3) is 0.286. The molecule has 3 N–H and O–H groups in total. The summed E-state index contributed by atoms with van der Waals surface area (Å²) in [6.07, 6.45) is 1.18. The number of anilines is 2. The molecule has 28 heavy (non-hydrogen) atoms. The van der Waals surface area contributed by atoms with Gasteiger partial charge < -0.3 is 10.2 Å². The molecule has 0 saturated heterocycles. The molecule has 1 aliphatic heterocycles. The highest BCUT2D eigenvalue weighted by molar-refractivity contribution is 5.97. The van der Waals surface area contributed by atoms with Gasteiger partial charge >= 0.3 is 0 Å². The lowest BCUT2D eigenvalue weighted by atomic mass is 9.89. The molecule has 0 bridgehead atoms. The molecule has 1 atom stereocenters. The molecule has 7 heteroatoms. The average molecular weight is 380 g/mol. The van der Waals surface area contributed by atoms with Gasteiger partial charge in [-0.15, -0.1) is 0 Å². The van der Waals surface area contributed by atoms with E-state index in [9.17, 15) is 14.4 Å². The lowest BCUT2D eigenvalue weighted by Crippen LogP contribution is -2.42. The molecule has 0 aromatic heterocycles. The van der Waals surface area contributed by atoms with Gasteiger partial charge in [-0.25, -0.2) is 0 Å². The van der Waals surface area contributed by atoms with Crippen molar-refractivity contribution in [3.8, 4) is 0 Å². The third-order valence-corrected chi connectivity index (χ3v) is 4.77. The highest BCUT2D eigenvalue weighted by Crippen LogP contribution is 2.27. The number of hydrogen-bond donors (Lipinski definition) is 3. The molecule has 0 saturated carbocycles. The van der Waals surface area contributed by atoms with Gasteiger partial charge in [0.1, 0.15) is 0 Å². The molecule has 1 unspecified atom stereocenters. The van der Waals surface area contributed by atoms with Crippen molar-refractivity contribution in [3.05, 3.63) is 59.7 Å². The Balaban J connectivity index is 1.48. The zero-order chi connectivity index (χ0) is 20.1. The second-order valence-electron chi connectivity index (χ2n) is 7.03. The van der Waals surface area contributed by atoms with Crippen molar-refractivity contribution in [3.63, 3.8) is 0 Å². The normalized spacial score (nSPS) is 15.2. The van der Waals surface area contributed by atoms with Crippen LogP contribution in [0.4, 0.5) is 11.4 Å². The number of hydrazine groups is 1. The number of amides is 3. The van der Waals surface area contributed by atoms with Crippen LogP contribution in [0.1, 0.15) is 28.8 Å². The summed E-state index contributed by atoms with van der Waals surface area (Å²) in [6.45, 7) is 0. The van der Waals surface area contributed by atoms with Gasteiger partial charge in [0.2, 0.25) is 11.8 Å². The molecule has 1 aliphatic rings. The van der Waals surface area contributed by atoms with E-state index in [0.717, 1.165) is 16.9 Å². The lowest BCUT2D eigenvalue weighted by molar-refractivity contribution is -0.123. The average Bonchev–Trinajstić information content (AvgIpc) is 2.70. The summed E-state index contributed by atoms with van der Waals surface area (Å²) in [4.78, 5) is 38.4. The third kappa shape index (κ3) is 4.68. The minimum absolute atomic E-state index is 0.0731. The van der Waals surface area contributed by atoms with Gasteiger partial charge in [-0.1, -0.05) is 24.3 Å². The number of nitrogens with one attached hydrogen (secondary N) is 3. The van der Waals surface area contributed by atoms with E-state index in [1.165, 1.54) is 0 Å². The maximum Gasteiger partial charge on any atom is 0.269 e. The van der Waals surface area contributed by atoms with Crippen molar-refractivity contribution < 1.29 is 14.4 Å². The van der Waals surface area contributed by atoms with Crippen molar-refractivity contribution >= 4 is 29.1 Å². The Morgan fingerprint density at radius 3 is 2.68 bits per heavy atom. The van der Waals surface area contributed by atoms with E-state index in [2.05, 4.69) is 16.2 Å². The Morgan fingerprint density at radius 1 is 1.11 bits per heavy atom. The van der Waals surface area contributed by atoms with Gasteiger partial charge in [0.05, 0.1) is 0 Å². The predicted molar refractivity (Wildman–Crippen MR) is 108 cm³/mol. The van der Waals surface area contributed by atoms with Crippen molar-refractivity contribution in [2.45, 2.75) is 19.3 Å². The maximum absolute atomic E-state index is 12.2. The smallest absolute Gasteiger partial charge is 0.269 e. The van der Waals surface area contributed by atoms with E-state index < -0.39 is 0 Å². The quantitative estimate of drug-likeness (QED) is 0.693. The maximum atomic E-state index is 12.2. The minimum Gasteiger partial charge on any atom is -0.378 e. The van der Waals surface area contributed by atoms with Gasteiger partial charge in [0, 0.05) is 43.4 Å². The number of carbonyl (C=O) groups excluding carboxylic acids is 3. The van der Waals surface area contributed by atoms with E-state index >= 15 is 0 Å². The van der Waals surface area contributed by atoms with Crippen molar-refractivity contribution in [1.82, 2.24) is 10.9 Å². The molecule has 0 aliphatic carbocycles. The molecule has 3 amide bonds. The number of nitrogens with zero attached hydrogens (tertiary/aromatic N) is 1. The van der Waals surface area contributed by atoms with Crippen LogP contribution in [-0.4, -0.2) is 31.8 Å². The van der Waals surface area contributed by atoms with Crippen LogP contribution in [0.2, 0.25) is 0 Å². The van der Waals surface area contributed by atoms with Crippen LogP contribution >= 0.6 is 0 Å². The molecule has 0 fully saturated rings. The molecule has 2 aromatic carbocycles. The molecule has 3 rings (SSSR count). The van der Waals surface area contributed by atoms with E-state index in [4.69, 9.17) is 0 Å². The Hall–Kier alpha value is -3.35. The fourth-order valence-corrected chi connectivity index (χ4v) is 3.14. The fourth-order valence-electron chi connectivity index (χ4n) is 3.14. The number of carbonyl (C=O) groups is 3. The zero-order valence-electron chi connectivity index (χ0n) is 16.0. The first-order valence-electron chi connectivity index (χ1n) is 9.19. The van der Waals surface area contributed by atoms with Crippen LogP contribution in [0, 0.1) is 5.92 Å². The van der Waals surface area contributed by atoms with Gasteiger partial charge in [0.15, 0.2) is 0 Å². The Morgan fingerprint density at radius 2 is 1.89 bits per heavy atom. The van der Waals surface area contributed by atoms with E-state index in [-0.39, 0.29) is 30.1 Å². The van der Waals surface area contributed by atoms with Crippen molar-refractivity contribution in [2.24, 2.45) is 5.92 Å². The van der Waals surface area contributed by atoms with Crippen LogP contribution in [0.5, 0.6) is 0 Å². The Kier molecular flexibility index (Phi) is 5.93. The largest absolute Gasteiger partial charge is 0.378 e. The van der Waals surface area contributed by atoms with Crippen LogP contribution in [0.25, 0.3) is 0 Å². The monoisotopic (exact) mass is 380 g/mol. The summed E-state index contributed by atoms with van der Waals surface area (Å²) in [7, 11) is 3.78. The molecular formula is C21H24N4O3. The second-order valence-corrected chi connectivity index (χ2v) is 7.03. The Labute approximate surface area is 164 Å². The zero-order valence-corrected chi connectivity index (χ0v) is 16.0. The SMILES string of the molecule is CN(C)c1cccc(C(=O)NNC(=O)CCC2Cc3ccccc3NC2=O)c1. The number of fused-ring (bicyclic) bond motifs is 1. The second kappa shape index (κ2) is 8.56. The van der Waals surface area contributed by atoms with Crippen molar-refractivity contribution in [1.29, 1.82) is 0 Å². The van der Waals surface area contributed by atoms with Gasteiger partial charge in [-0.2, -0.15) is 0 Å². The van der Waals surface area contributed by atoms with E-state index in [0.29, 0.717) is 18.4 Å². The van der Waals surface area contributed by atoms with Gasteiger partial charge in [0.25, 0.3) is 5.91 Å². The topological polar surface area (TPSA) is 90.5 Å². The van der Waals surface area contributed by atoms with Gasteiger partial charge in [-0.3, -0.25) is 25.2 Å². The first-order chi connectivity index (χ1) is 13.4. The van der Waals surface area contributed by atoms with Gasteiger partial charge in [-0.05, 0) is 42.7 Å². The summed E-state index contributed by atoms with van der Waals surface area (Å²) in [5.41, 5.74) is 8.09. The highest BCUT2D eigenvalue weighted by atomic mass is 16.2. The first-order valence-corrected chi connectivity index (χ1v) is 9.19. The molecule has 146 valence electrons. The summed E-state index contributed by atoms with van der Waals surface area (Å²) < 4.78 is 0. The minimum atomic E-state index is -0.388. The Bertz CT molecular complexity index is 895. The summed E-state index contributed by atoms with van der Waals surface area (Å²) >= 11 is 0. The molecule has 2 aromatic rings. The number of hydrogen-bond acceptors (Lipinski definition) is 4. The van der Waals surface area contributed by atoms with E-state index in [1.54, 1.807) is 18.2 Å². The number of rotatable bonds is 5. The summed E-state index contributed by atoms with van der Waals surface area (Å²) in [5, 5.41) is 2.88. The third-order valence-electron chi connectivity index (χ3n) is 4.77. The molecular weight excluding hydrogens is 356 g/mol. The van der Waals surface area contributed by atoms with Crippen molar-refractivity contribution in [2.75, 3.05) is 24.3 Å². The van der Waals surface area contributed by atoms with Crippen LogP contribution in [0.15, 0.2) is 48.5 Å². The predicted octanol–water partition coefficient (Wildman–Crippen LogP) is 2.10. The molecule has 0 radical (unpaired) electrons. The van der Waals surface area contributed by atoms with Crippen LogP contribution in [0.3, 0.4) is 0 Å². The first kappa shape index (κ1) is 19.4. The van der Waals surface area contributed by atoms with Crippen LogP contribution < -0.4 is 21.1 Å². The lowest BCUT2D eigenvalue weighted by Gasteiger charge is -2.24. The molecule has 7 nitrogen and oxygen atoms in total. The number of para-hydroxylation sites is 1. The number of benzene rings is 2. The summed E-state index contributed by atoms with van der Waals surface area (Å²) in [5.74, 6) is -1.05.